The van der Waals surface area contributed by atoms with Crippen LogP contribution in [-0.2, 0) is 0 Å². The van der Waals surface area contributed by atoms with Gasteiger partial charge >= 0.3 is 0 Å². The summed E-state index contributed by atoms with van der Waals surface area (Å²) in [4.78, 5) is 2.44. The van der Waals surface area contributed by atoms with Crippen LogP contribution in [0.25, 0.3) is 0 Å². The first-order valence-corrected chi connectivity index (χ1v) is 4.56. The van der Waals surface area contributed by atoms with Crippen LogP contribution < -0.4 is 0 Å². The standard InChI is InChI=1S/C10H21N/c1-5-11(6-2)9-7-8-10(3)4/h8H,5-7,9H2,1-4H3. The number of nitrogens with zero attached hydrogens (tertiary/aromatic N) is 1. The summed E-state index contributed by atoms with van der Waals surface area (Å²) >= 11 is 0. The zero-order chi connectivity index (χ0) is 8.69. The van der Waals surface area contributed by atoms with Gasteiger partial charge in [0.2, 0.25) is 0 Å². The molecule has 0 rings (SSSR count). The van der Waals surface area contributed by atoms with Crippen molar-refractivity contribution in [3.05, 3.63) is 11.6 Å². The van der Waals surface area contributed by atoms with E-state index in [1.807, 2.05) is 0 Å². The third kappa shape index (κ3) is 6.11. The van der Waals surface area contributed by atoms with Crippen LogP contribution >= 0.6 is 0 Å². The quantitative estimate of drug-likeness (QED) is 0.552. The molecule has 11 heavy (non-hydrogen) atoms. The van der Waals surface area contributed by atoms with Crippen LogP contribution in [0.15, 0.2) is 11.6 Å². The van der Waals surface area contributed by atoms with Crippen LogP contribution in [0.5, 0.6) is 0 Å². The van der Waals surface area contributed by atoms with Crippen molar-refractivity contribution in [1.82, 2.24) is 4.90 Å². The Morgan fingerprint density at radius 2 is 1.73 bits per heavy atom. The van der Waals surface area contributed by atoms with Crippen molar-refractivity contribution in [2.24, 2.45) is 0 Å². The van der Waals surface area contributed by atoms with Crippen LogP contribution in [0.1, 0.15) is 34.1 Å². The highest BCUT2D eigenvalue weighted by atomic mass is 15.1. The average molecular weight is 155 g/mol. The van der Waals surface area contributed by atoms with Gasteiger partial charge in [0.05, 0.1) is 0 Å². The van der Waals surface area contributed by atoms with E-state index in [4.69, 9.17) is 0 Å². The molecule has 0 atom stereocenters. The fourth-order valence-electron chi connectivity index (χ4n) is 1.08. The van der Waals surface area contributed by atoms with Crippen molar-refractivity contribution in [3.8, 4) is 0 Å². The Kier molecular flexibility index (Phi) is 6.24. The summed E-state index contributed by atoms with van der Waals surface area (Å²) < 4.78 is 0. The van der Waals surface area contributed by atoms with Gasteiger partial charge in [-0.05, 0) is 33.4 Å². The van der Waals surface area contributed by atoms with E-state index in [0.29, 0.717) is 0 Å². The Morgan fingerprint density at radius 3 is 2.09 bits per heavy atom. The Morgan fingerprint density at radius 1 is 1.18 bits per heavy atom. The van der Waals surface area contributed by atoms with Crippen LogP contribution in [-0.4, -0.2) is 24.5 Å². The Bertz CT molecular complexity index is 108. The second-order valence-electron chi connectivity index (χ2n) is 3.10. The molecular formula is C10H21N. The molecule has 0 fully saturated rings. The highest BCUT2D eigenvalue weighted by Crippen LogP contribution is 1.95. The fourth-order valence-corrected chi connectivity index (χ4v) is 1.08. The monoisotopic (exact) mass is 155 g/mol. The maximum absolute atomic E-state index is 2.44. The first-order chi connectivity index (χ1) is 5.20. The molecule has 0 radical (unpaired) electrons. The van der Waals surface area contributed by atoms with Crippen molar-refractivity contribution in [1.29, 1.82) is 0 Å². The lowest BCUT2D eigenvalue weighted by Gasteiger charge is -2.16. The molecule has 1 heteroatoms. The lowest BCUT2D eigenvalue weighted by molar-refractivity contribution is 0.310. The van der Waals surface area contributed by atoms with E-state index < -0.39 is 0 Å². The summed E-state index contributed by atoms with van der Waals surface area (Å²) in [6.07, 6.45) is 3.50. The maximum Gasteiger partial charge on any atom is 0.00158 e. The van der Waals surface area contributed by atoms with Crippen molar-refractivity contribution in [2.75, 3.05) is 19.6 Å². The number of hydrogen-bond donors (Lipinski definition) is 0. The average Bonchev–Trinajstić information content (AvgIpc) is 1.98. The van der Waals surface area contributed by atoms with E-state index in [0.717, 1.165) is 0 Å². The predicted octanol–water partition coefficient (Wildman–Crippen LogP) is 2.68. The van der Waals surface area contributed by atoms with Crippen molar-refractivity contribution >= 4 is 0 Å². The summed E-state index contributed by atoms with van der Waals surface area (Å²) in [6, 6.07) is 0. The summed E-state index contributed by atoms with van der Waals surface area (Å²) in [5.74, 6) is 0. The normalized spacial score (nSPS) is 10.3. The Labute approximate surface area is 71.1 Å². The van der Waals surface area contributed by atoms with Crippen molar-refractivity contribution in [2.45, 2.75) is 34.1 Å². The zero-order valence-electron chi connectivity index (χ0n) is 8.35. The summed E-state index contributed by atoms with van der Waals surface area (Å²) in [7, 11) is 0. The molecule has 66 valence electrons. The molecule has 0 bridgehead atoms. The van der Waals surface area contributed by atoms with Crippen LogP contribution in [0.3, 0.4) is 0 Å². The van der Waals surface area contributed by atoms with Crippen molar-refractivity contribution < 1.29 is 0 Å². The lowest BCUT2D eigenvalue weighted by Crippen LogP contribution is -2.23. The molecule has 0 saturated heterocycles. The largest absolute Gasteiger partial charge is 0.304 e. The number of allylic oxidation sites excluding steroid dienone is 1. The molecule has 0 heterocycles. The van der Waals surface area contributed by atoms with Gasteiger partial charge in [-0.2, -0.15) is 0 Å². The zero-order valence-corrected chi connectivity index (χ0v) is 8.35. The third-order valence-electron chi connectivity index (χ3n) is 1.89. The van der Waals surface area contributed by atoms with Gasteiger partial charge in [0.25, 0.3) is 0 Å². The summed E-state index contributed by atoms with van der Waals surface area (Å²) in [6.45, 7) is 12.3. The number of hydrogen-bond acceptors (Lipinski definition) is 1. The molecule has 0 aromatic heterocycles. The minimum atomic E-state index is 1.17. The van der Waals surface area contributed by atoms with Crippen LogP contribution in [0.4, 0.5) is 0 Å². The Balaban J connectivity index is 3.43. The van der Waals surface area contributed by atoms with E-state index in [1.165, 1.54) is 31.6 Å². The smallest absolute Gasteiger partial charge is 0.00158 e. The van der Waals surface area contributed by atoms with Gasteiger partial charge in [-0.15, -0.1) is 0 Å². The topological polar surface area (TPSA) is 3.24 Å². The van der Waals surface area contributed by atoms with E-state index in [9.17, 15) is 0 Å². The van der Waals surface area contributed by atoms with Crippen LogP contribution in [0.2, 0.25) is 0 Å². The van der Waals surface area contributed by atoms with Gasteiger partial charge in [0, 0.05) is 6.54 Å². The molecular weight excluding hydrogens is 134 g/mol. The third-order valence-corrected chi connectivity index (χ3v) is 1.89. The summed E-state index contributed by atoms with van der Waals surface area (Å²) in [5.41, 5.74) is 1.43. The molecule has 0 aliphatic heterocycles. The molecule has 0 aromatic rings. The highest BCUT2D eigenvalue weighted by molar-refractivity contribution is 4.93. The Hall–Kier alpha value is -0.300. The SMILES string of the molecule is CCN(CC)CCC=C(C)C. The minimum absolute atomic E-state index is 1.17. The van der Waals surface area contributed by atoms with E-state index in [-0.39, 0.29) is 0 Å². The van der Waals surface area contributed by atoms with Gasteiger partial charge in [-0.3, -0.25) is 0 Å². The predicted molar refractivity (Wildman–Crippen MR) is 51.8 cm³/mol. The van der Waals surface area contributed by atoms with Crippen LogP contribution in [0, 0.1) is 0 Å². The molecule has 0 amide bonds. The first-order valence-electron chi connectivity index (χ1n) is 4.56. The van der Waals surface area contributed by atoms with Gasteiger partial charge in [0.15, 0.2) is 0 Å². The molecule has 0 aromatic carbocycles. The first kappa shape index (κ1) is 10.7. The van der Waals surface area contributed by atoms with Gasteiger partial charge in [-0.25, -0.2) is 0 Å². The highest BCUT2D eigenvalue weighted by Gasteiger charge is 1.94. The van der Waals surface area contributed by atoms with Gasteiger partial charge in [-0.1, -0.05) is 25.5 Å². The second-order valence-corrected chi connectivity index (χ2v) is 3.10. The number of rotatable bonds is 5. The molecule has 1 nitrogen and oxygen atoms in total. The van der Waals surface area contributed by atoms with E-state index in [2.05, 4.69) is 38.7 Å². The van der Waals surface area contributed by atoms with E-state index in [1.54, 1.807) is 0 Å². The molecule has 0 spiro atoms. The van der Waals surface area contributed by atoms with Gasteiger partial charge in [0.1, 0.15) is 0 Å². The van der Waals surface area contributed by atoms with Gasteiger partial charge < -0.3 is 4.90 Å². The minimum Gasteiger partial charge on any atom is -0.304 e. The van der Waals surface area contributed by atoms with Crippen molar-refractivity contribution in [3.63, 3.8) is 0 Å². The molecule has 0 unspecified atom stereocenters. The summed E-state index contributed by atoms with van der Waals surface area (Å²) in [5, 5.41) is 0. The molecule has 0 aliphatic carbocycles. The molecule has 0 aliphatic rings. The maximum atomic E-state index is 2.44. The van der Waals surface area contributed by atoms with E-state index >= 15 is 0 Å². The lowest BCUT2D eigenvalue weighted by atomic mass is 10.2. The molecule has 0 N–H and O–H groups in total. The second kappa shape index (κ2) is 6.41. The fraction of sp³-hybridized carbons (Fsp3) is 0.800. The molecule has 0 saturated carbocycles.